The van der Waals surface area contributed by atoms with Crippen LogP contribution >= 0.6 is 0 Å². The zero-order valence-electron chi connectivity index (χ0n) is 5.89. The zero-order chi connectivity index (χ0) is 7.56. The molecule has 0 heterocycles. The summed E-state index contributed by atoms with van der Waals surface area (Å²) in [5.41, 5.74) is 8.28. The van der Waals surface area contributed by atoms with Crippen LogP contribution in [0.1, 0.15) is 11.1 Å². The second-order valence-electron chi connectivity index (χ2n) is 2.26. The lowest BCUT2D eigenvalue weighted by molar-refractivity contribution is 1.45. The van der Waals surface area contributed by atoms with Crippen LogP contribution in [0.3, 0.4) is 0 Å². The summed E-state index contributed by atoms with van der Waals surface area (Å²) in [4.78, 5) is 0. The summed E-state index contributed by atoms with van der Waals surface area (Å²) in [6.07, 6.45) is 1.31. The van der Waals surface area contributed by atoms with Crippen molar-refractivity contribution in [2.45, 2.75) is 6.92 Å². The number of rotatable bonds is 1. The van der Waals surface area contributed by atoms with Crippen molar-refractivity contribution in [3.8, 4) is 0 Å². The van der Waals surface area contributed by atoms with Gasteiger partial charge >= 0.3 is 0 Å². The maximum atomic E-state index is 6.95. The largest absolute Gasteiger partial charge is 0.399 e. The van der Waals surface area contributed by atoms with E-state index in [1.807, 2.05) is 25.1 Å². The molecule has 3 N–H and O–H groups in total. The number of benzene rings is 1. The molecule has 1 rings (SSSR count). The molecular weight excluding hydrogens is 124 g/mol. The van der Waals surface area contributed by atoms with Crippen molar-refractivity contribution in [2.75, 3.05) is 5.73 Å². The lowest BCUT2D eigenvalue weighted by Crippen LogP contribution is -1.90. The molecule has 0 radical (unpaired) electrons. The third-order valence-electron chi connectivity index (χ3n) is 1.46. The van der Waals surface area contributed by atoms with Crippen molar-refractivity contribution < 1.29 is 0 Å². The monoisotopic (exact) mass is 134 g/mol. The van der Waals surface area contributed by atoms with Crippen LogP contribution in [0.25, 0.3) is 0 Å². The SMILES string of the molecule is Cc1cc(C=N)ccc1N. The molecule has 0 aliphatic carbocycles. The number of nitrogen functional groups attached to an aromatic ring is 1. The van der Waals surface area contributed by atoms with Crippen molar-refractivity contribution in [2.24, 2.45) is 0 Å². The number of nitrogens with one attached hydrogen (secondary N) is 1. The summed E-state index contributed by atoms with van der Waals surface area (Å²) in [5.74, 6) is 0. The number of nitrogens with two attached hydrogens (primary N) is 1. The third kappa shape index (κ3) is 1.16. The van der Waals surface area contributed by atoms with Gasteiger partial charge in [0.15, 0.2) is 0 Å². The van der Waals surface area contributed by atoms with E-state index in [4.69, 9.17) is 11.1 Å². The molecule has 0 fully saturated rings. The first-order valence-corrected chi connectivity index (χ1v) is 3.10. The Morgan fingerprint density at radius 2 is 2.20 bits per heavy atom. The fourth-order valence-corrected chi connectivity index (χ4v) is 0.789. The maximum absolute atomic E-state index is 6.95. The summed E-state index contributed by atoms with van der Waals surface area (Å²) in [6, 6.07) is 5.54. The van der Waals surface area contributed by atoms with Crippen LogP contribution in [0.5, 0.6) is 0 Å². The number of hydrogen-bond acceptors (Lipinski definition) is 2. The van der Waals surface area contributed by atoms with E-state index in [-0.39, 0.29) is 0 Å². The second kappa shape index (κ2) is 2.52. The highest BCUT2D eigenvalue weighted by Gasteiger charge is 1.91. The van der Waals surface area contributed by atoms with E-state index in [9.17, 15) is 0 Å². The number of hydrogen-bond donors (Lipinski definition) is 2. The number of aryl methyl sites for hydroxylation is 1. The summed E-state index contributed by atoms with van der Waals surface area (Å²) in [5, 5.41) is 6.95. The van der Waals surface area contributed by atoms with Crippen molar-refractivity contribution in [1.82, 2.24) is 0 Å². The molecule has 0 aliphatic rings. The van der Waals surface area contributed by atoms with E-state index in [0.717, 1.165) is 16.8 Å². The quantitative estimate of drug-likeness (QED) is 0.444. The fourth-order valence-electron chi connectivity index (χ4n) is 0.789. The molecule has 0 saturated carbocycles. The van der Waals surface area contributed by atoms with Crippen molar-refractivity contribution in [3.05, 3.63) is 29.3 Å². The molecule has 0 amide bonds. The topological polar surface area (TPSA) is 49.9 Å². The average Bonchev–Trinajstić information content (AvgIpc) is 1.95. The Morgan fingerprint density at radius 3 is 2.70 bits per heavy atom. The Balaban J connectivity index is 3.16. The van der Waals surface area contributed by atoms with Crippen molar-refractivity contribution >= 4 is 11.9 Å². The second-order valence-corrected chi connectivity index (χ2v) is 2.26. The van der Waals surface area contributed by atoms with Crippen LogP contribution < -0.4 is 5.73 Å². The zero-order valence-corrected chi connectivity index (χ0v) is 5.89. The van der Waals surface area contributed by atoms with Gasteiger partial charge in [-0.3, -0.25) is 0 Å². The molecule has 0 spiro atoms. The molecule has 0 atom stereocenters. The van der Waals surface area contributed by atoms with Gasteiger partial charge in [0.2, 0.25) is 0 Å². The van der Waals surface area contributed by atoms with E-state index >= 15 is 0 Å². The highest BCUT2D eigenvalue weighted by Crippen LogP contribution is 2.10. The van der Waals surface area contributed by atoms with Gasteiger partial charge in [-0.15, -0.1) is 0 Å². The van der Waals surface area contributed by atoms with Gasteiger partial charge < -0.3 is 11.1 Å². The van der Waals surface area contributed by atoms with Gasteiger partial charge in [0.25, 0.3) is 0 Å². The van der Waals surface area contributed by atoms with Gasteiger partial charge in [-0.05, 0) is 30.2 Å². The minimum atomic E-state index is 0.783. The molecule has 2 heteroatoms. The molecule has 1 aromatic rings. The average molecular weight is 134 g/mol. The molecule has 0 saturated heterocycles. The van der Waals surface area contributed by atoms with Crippen molar-refractivity contribution in [3.63, 3.8) is 0 Å². The van der Waals surface area contributed by atoms with E-state index in [1.54, 1.807) is 0 Å². The first-order valence-electron chi connectivity index (χ1n) is 3.10. The Labute approximate surface area is 60.2 Å². The Morgan fingerprint density at radius 1 is 1.50 bits per heavy atom. The minimum Gasteiger partial charge on any atom is -0.399 e. The molecule has 0 unspecified atom stereocenters. The molecule has 0 aromatic heterocycles. The third-order valence-corrected chi connectivity index (χ3v) is 1.46. The molecular formula is C8H10N2. The predicted octanol–water partition coefficient (Wildman–Crippen LogP) is 1.57. The fraction of sp³-hybridized carbons (Fsp3) is 0.125. The maximum Gasteiger partial charge on any atom is 0.0344 e. The van der Waals surface area contributed by atoms with Gasteiger partial charge in [0.05, 0.1) is 0 Å². The van der Waals surface area contributed by atoms with E-state index in [0.29, 0.717) is 0 Å². The Bertz CT molecular complexity index is 253. The first kappa shape index (κ1) is 6.81. The highest BCUT2D eigenvalue weighted by molar-refractivity contribution is 5.78. The Hall–Kier alpha value is -1.31. The molecule has 10 heavy (non-hydrogen) atoms. The van der Waals surface area contributed by atoms with Crippen LogP contribution in [0.4, 0.5) is 5.69 Å². The summed E-state index contributed by atoms with van der Waals surface area (Å²) >= 11 is 0. The van der Waals surface area contributed by atoms with Crippen LogP contribution in [-0.2, 0) is 0 Å². The van der Waals surface area contributed by atoms with E-state index < -0.39 is 0 Å². The standard InChI is InChI=1S/C8H10N2/c1-6-4-7(5-9)2-3-8(6)10/h2-5,9H,10H2,1H3. The van der Waals surface area contributed by atoms with Gasteiger partial charge in [-0.25, -0.2) is 0 Å². The van der Waals surface area contributed by atoms with Gasteiger partial charge in [-0.1, -0.05) is 6.07 Å². The molecule has 52 valence electrons. The summed E-state index contributed by atoms with van der Waals surface area (Å²) < 4.78 is 0. The number of anilines is 1. The summed E-state index contributed by atoms with van der Waals surface area (Å²) in [7, 11) is 0. The van der Waals surface area contributed by atoms with Gasteiger partial charge in [0.1, 0.15) is 0 Å². The molecule has 0 bridgehead atoms. The summed E-state index contributed by atoms with van der Waals surface area (Å²) in [6.45, 7) is 1.93. The van der Waals surface area contributed by atoms with E-state index in [2.05, 4.69) is 0 Å². The van der Waals surface area contributed by atoms with Crippen molar-refractivity contribution in [1.29, 1.82) is 5.41 Å². The van der Waals surface area contributed by atoms with Crippen LogP contribution in [0.2, 0.25) is 0 Å². The van der Waals surface area contributed by atoms with Crippen LogP contribution in [0, 0.1) is 12.3 Å². The lowest BCUT2D eigenvalue weighted by atomic mass is 10.1. The molecule has 1 aromatic carbocycles. The molecule has 2 nitrogen and oxygen atoms in total. The smallest absolute Gasteiger partial charge is 0.0344 e. The molecule has 0 aliphatic heterocycles. The van der Waals surface area contributed by atoms with Crippen LogP contribution in [0.15, 0.2) is 18.2 Å². The lowest BCUT2D eigenvalue weighted by Gasteiger charge is -1.98. The Kier molecular flexibility index (Phi) is 1.71. The van der Waals surface area contributed by atoms with Gasteiger partial charge in [0, 0.05) is 11.9 Å². The minimum absolute atomic E-state index is 0.783. The predicted molar refractivity (Wildman–Crippen MR) is 43.5 cm³/mol. The normalized spacial score (nSPS) is 9.30. The first-order chi connectivity index (χ1) is 4.74. The highest BCUT2D eigenvalue weighted by atomic mass is 14.5. The van der Waals surface area contributed by atoms with Crippen LogP contribution in [-0.4, -0.2) is 6.21 Å². The van der Waals surface area contributed by atoms with Gasteiger partial charge in [-0.2, -0.15) is 0 Å². The van der Waals surface area contributed by atoms with E-state index in [1.165, 1.54) is 6.21 Å².